The van der Waals surface area contributed by atoms with E-state index in [0.29, 0.717) is 0 Å². The third kappa shape index (κ3) is 6.24. The van der Waals surface area contributed by atoms with E-state index in [9.17, 15) is 0 Å². The monoisotopic (exact) mass is 423 g/mol. The number of fused-ring (bicyclic) bond motifs is 1. The Bertz CT molecular complexity index is 820. The molecule has 2 fully saturated rings. The Kier molecular flexibility index (Phi) is 8.10. The van der Waals surface area contributed by atoms with Crippen molar-refractivity contribution in [3.8, 4) is 0 Å². The van der Waals surface area contributed by atoms with Crippen molar-refractivity contribution < 1.29 is 0 Å². The maximum absolute atomic E-state index is 5.72. The Hall–Kier alpha value is -1.52. The molecule has 1 aromatic heterocycles. The van der Waals surface area contributed by atoms with E-state index in [-0.39, 0.29) is 0 Å². The van der Waals surface area contributed by atoms with Crippen molar-refractivity contribution in [3.63, 3.8) is 0 Å². The van der Waals surface area contributed by atoms with E-state index in [1.807, 2.05) is 0 Å². The molecule has 4 heteroatoms. The number of hydrogen-bond acceptors (Lipinski definition) is 4. The van der Waals surface area contributed by atoms with Gasteiger partial charge in [-0.1, -0.05) is 31.1 Å². The molecule has 1 aromatic carbocycles. The van der Waals surface area contributed by atoms with Gasteiger partial charge in [0.05, 0.1) is 5.52 Å². The molecule has 2 aliphatic rings. The van der Waals surface area contributed by atoms with Crippen LogP contribution in [-0.4, -0.2) is 47.5 Å². The van der Waals surface area contributed by atoms with E-state index in [1.54, 1.807) is 0 Å². The highest BCUT2D eigenvalue weighted by molar-refractivity contribution is 7.80. The van der Waals surface area contributed by atoms with E-state index in [1.165, 1.54) is 93.2 Å². The number of nitrogens with zero attached hydrogens (tertiary/aromatic N) is 3. The van der Waals surface area contributed by atoms with Crippen molar-refractivity contribution in [2.24, 2.45) is 0 Å². The number of aromatic nitrogens is 1. The Labute approximate surface area is 187 Å². The molecule has 2 saturated heterocycles. The number of benzene rings is 1. The summed E-state index contributed by atoms with van der Waals surface area (Å²) in [4.78, 5) is 11.2. The zero-order chi connectivity index (χ0) is 20.6. The molecule has 30 heavy (non-hydrogen) atoms. The fourth-order valence-electron chi connectivity index (χ4n) is 4.91. The number of unbranched alkanes of at least 4 members (excludes halogenated alkanes) is 1. The first kappa shape index (κ1) is 21.7. The van der Waals surface area contributed by atoms with Crippen LogP contribution in [0, 0.1) is 0 Å². The van der Waals surface area contributed by atoms with Gasteiger partial charge in [-0.05, 0) is 106 Å². The van der Waals surface area contributed by atoms with Crippen molar-refractivity contribution in [1.82, 2.24) is 9.88 Å². The number of hydrogen-bond donors (Lipinski definition) is 0. The van der Waals surface area contributed by atoms with Gasteiger partial charge in [-0.25, -0.2) is 4.98 Å². The largest absolute Gasteiger partial charge is 0.357 e. The van der Waals surface area contributed by atoms with Crippen LogP contribution in [0.3, 0.4) is 0 Å². The Balaban J connectivity index is 1.25. The minimum Gasteiger partial charge on any atom is -0.357 e. The second-order valence-electron chi connectivity index (χ2n) is 9.17. The predicted octanol–water partition coefficient (Wildman–Crippen LogP) is 6.18. The molecule has 3 nitrogen and oxygen atoms in total. The standard InChI is InChI=1S/C26H37N3S/c30-24(10-4-9-17-28-15-5-1-2-6-16-28)21-22-11-13-25-23(20-22)12-14-26(27-25)29-18-7-3-8-19-29/h11-14,20H,1-10,15-19,21H2. The first-order chi connectivity index (χ1) is 14.8. The zero-order valence-electron chi connectivity index (χ0n) is 18.5. The molecule has 0 amide bonds. The molecule has 162 valence electrons. The summed E-state index contributed by atoms with van der Waals surface area (Å²) < 4.78 is 0. The van der Waals surface area contributed by atoms with Crippen molar-refractivity contribution in [1.29, 1.82) is 0 Å². The van der Waals surface area contributed by atoms with E-state index in [0.717, 1.165) is 37.3 Å². The highest BCUT2D eigenvalue weighted by Gasteiger charge is 2.13. The molecule has 0 N–H and O–H groups in total. The number of thiocarbonyl (C=S) groups is 1. The first-order valence-corrected chi connectivity index (χ1v) is 12.6. The van der Waals surface area contributed by atoms with Gasteiger partial charge in [-0.2, -0.15) is 0 Å². The van der Waals surface area contributed by atoms with Crippen molar-refractivity contribution in [2.75, 3.05) is 37.6 Å². The molecule has 3 heterocycles. The van der Waals surface area contributed by atoms with Crippen molar-refractivity contribution >= 4 is 33.8 Å². The lowest BCUT2D eigenvalue weighted by Gasteiger charge is -2.27. The molecule has 4 rings (SSSR count). The molecular weight excluding hydrogens is 386 g/mol. The first-order valence-electron chi connectivity index (χ1n) is 12.2. The SMILES string of the molecule is S=C(CCCCN1CCCCCC1)Cc1ccc2nc(N3CCCCC3)ccc2c1. The lowest BCUT2D eigenvalue weighted by Crippen LogP contribution is -2.30. The summed E-state index contributed by atoms with van der Waals surface area (Å²) in [5.74, 6) is 1.13. The molecular formula is C26H37N3S. The lowest BCUT2D eigenvalue weighted by molar-refractivity contribution is 0.280. The summed E-state index contributed by atoms with van der Waals surface area (Å²) in [6, 6.07) is 11.1. The van der Waals surface area contributed by atoms with Gasteiger partial charge in [0.25, 0.3) is 0 Å². The van der Waals surface area contributed by atoms with Crippen molar-refractivity contribution in [2.45, 2.75) is 70.6 Å². The summed E-state index contributed by atoms with van der Waals surface area (Å²) in [6.07, 6.45) is 14.0. The topological polar surface area (TPSA) is 19.4 Å². The smallest absolute Gasteiger partial charge is 0.129 e. The molecule has 0 saturated carbocycles. The molecule has 0 radical (unpaired) electrons. The molecule has 0 aliphatic carbocycles. The van der Waals surface area contributed by atoms with Crippen LogP contribution >= 0.6 is 12.2 Å². The summed E-state index contributed by atoms with van der Waals surface area (Å²) in [6.45, 7) is 6.14. The van der Waals surface area contributed by atoms with Crippen LogP contribution < -0.4 is 4.90 Å². The van der Waals surface area contributed by atoms with Crippen LogP contribution in [0.4, 0.5) is 5.82 Å². The minimum atomic E-state index is 0.920. The maximum atomic E-state index is 5.72. The second kappa shape index (κ2) is 11.2. The number of likely N-dealkylation sites (tertiary alicyclic amines) is 1. The Morgan fingerprint density at radius 2 is 1.57 bits per heavy atom. The number of anilines is 1. The van der Waals surface area contributed by atoms with Crippen LogP contribution in [-0.2, 0) is 6.42 Å². The Morgan fingerprint density at radius 1 is 0.833 bits per heavy atom. The molecule has 0 unspecified atom stereocenters. The van der Waals surface area contributed by atoms with Crippen LogP contribution in [0.1, 0.15) is 69.8 Å². The van der Waals surface area contributed by atoms with Crippen LogP contribution in [0.25, 0.3) is 10.9 Å². The van der Waals surface area contributed by atoms with E-state index in [4.69, 9.17) is 17.2 Å². The lowest BCUT2D eigenvalue weighted by atomic mass is 10.0. The van der Waals surface area contributed by atoms with E-state index in [2.05, 4.69) is 40.1 Å². The van der Waals surface area contributed by atoms with E-state index < -0.39 is 0 Å². The van der Waals surface area contributed by atoms with Gasteiger partial charge in [0.2, 0.25) is 0 Å². The molecule has 2 aliphatic heterocycles. The maximum Gasteiger partial charge on any atom is 0.129 e. The minimum absolute atomic E-state index is 0.920. The van der Waals surface area contributed by atoms with Gasteiger partial charge in [-0.3, -0.25) is 0 Å². The molecule has 0 atom stereocenters. The highest BCUT2D eigenvalue weighted by atomic mass is 32.1. The van der Waals surface area contributed by atoms with E-state index >= 15 is 0 Å². The zero-order valence-corrected chi connectivity index (χ0v) is 19.3. The number of piperidine rings is 1. The summed E-state index contributed by atoms with van der Waals surface area (Å²) >= 11 is 5.72. The van der Waals surface area contributed by atoms with Gasteiger partial charge in [-0.15, -0.1) is 0 Å². The third-order valence-electron chi connectivity index (χ3n) is 6.70. The average Bonchev–Trinajstić information content (AvgIpc) is 3.06. The van der Waals surface area contributed by atoms with Crippen LogP contribution in [0.5, 0.6) is 0 Å². The summed E-state index contributed by atoms with van der Waals surface area (Å²) in [5.41, 5.74) is 2.43. The van der Waals surface area contributed by atoms with Crippen molar-refractivity contribution in [3.05, 3.63) is 35.9 Å². The highest BCUT2D eigenvalue weighted by Crippen LogP contribution is 2.23. The molecule has 2 aromatic rings. The molecule has 0 bridgehead atoms. The van der Waals surface area contributed by atoms with Gasteiger partial charge in [0, 0.05) is 24.9 Å². The number of rotatable bonds is 8. The van der Waals surface area contributed by atoms with Gasteiger partial charge < -0.3 is 9.80 Å². The van der Waals surface area contributed by atoms with Gasteiger partial charge in [0.15, 0.2) is 0 Å². The summed E-state index contributed by atoms with van der Waals surface area (Å²) in [7, 11) is 0. The predicted molar refractivity (Wildman–Crippen MR) is 133 cm³/mol. The quantitative estimate of drug-likeness (QED) is 0.372. The number of pyridine rings is 1. The third-order valence-corrected chi connectivity index (χ3v) is 7.05. The Morgan fingerprint density at radius 3 is 2.37 bits per heavy atom. The molecule has 0 spiro atoms. The average molecular weight is 424 g/mol. The van der Waals surface area contributed by atoms with Gasteiger partial charge in [0.1, 0.15) is 5.82 Å². The normalized spacial score (nSPS) is 18.5. The van der Waals surface area contributed by atoms with Crippen LogP contribution in [0.15, 0.2) is 30.3 Å². The fraction of sp³-hybridized carbons (Fsp3) is 0.615. The van der Waals surface area contributed by atoms with Gasteiger partial charge >= 0.3 is 0 Å². The second-order valence-corrected chi connectivity index (χ2v) is 9.75. The summed E-state index contributed by atoms with van der Waals surface area (Å²) in [5, 5.41) is 1.23. The van der Waals surface area contributed by atoms with Crippen LogP contribution in [0.2, 0.25) is 0 Å². The fourth-order valence-corrected chi connectivity index (χ4v) is 5.22.